The molecule has 0 aliphatic carbocycles. The van der Waals surface area contributed by atoms with Gasteiger partial charge < -0.3 is 4.57 Å². The first-order chi connectivity index (χ1) is 26.3. The first-order valence-electron chi connectivity index (χ1n) is 18.1. The smallest absolute Gasteiger partial charge is 0.0998 e. The fraction of sp³-hybridized carbons (Fsp3) is 0. The van der Waals surface area contributed by atoms with Gasteiger partial charge in [0.25, 0.3) is 0 Å². The largest absolute Gasteiger partial charge is 0.309 e. The van der Waals surface area contributed by atoms with Crippen molar-refractivity contribution in [1.82, 2.24) is 4.57 Å². The van der Waals surface area contributed by atoms with Crippen LogP contribution in [-0.4, -0.2) is 4.57 Å². The minimum absolute atomic E-state index is 0.701. The summed E-state index contributed by atoms with van der Waals surface area (Å²) in [5.41, 5.74) is 11.4. The number of hydrogen-bond acceptors (Lipinski definition) is 1. The number of fused-ring (bicyclic) bond motifs is 3. The summed E-state index contributed by atoms with van der Waals surface area (Å²) in [6.07, 6.45) is 0. The summed E-state index contributed by atoms with van der Waals surface area (Å²) in [6.45, 7) is 0. The van der Waals surface area contributed by atoms with Crippen molar-refractivity contribution >= 4 is 64.9 Å². The highest BCUT2D eigenvalue weighted by atomic mass is 15.0. The van der Waals surface area contributed by atoms with Crippen LogP contribution in [0, 0.1) is 11.3 Å². The summed E-state index contributed by atoms with van der Waals surface area (Å²) >= 11 is 0. The molecule has 10 aromatic carbocycles. The molecule has 1 heterocycles. The average molecular weight is 671 g/mol. The maximum absolute atomic E-state index is 10.0. The molecule has 1 aromatic heterocycles. The molecule has 11 aromatic rings. The summed E-state index contributed by atoms with van der Waals surface area (Å²) < 4.78 is 2.33. The first-order valence-corrected chi connectivity index (χ1v) is 18.1. The van der Waals surface area contributed by atoms with Crippen molar-refractivity contribution in [2.24, 2.45) is 0 Å². The highest BCUT2D eigenvalue weighted by Crippen LogP contribution is 2.47. The van der Waals surface area contributed by atoms with Crippen LogP contribution in [0.25, 0.3) is 104 Å². The highest BCUT2D eigenvalue weighted by molar-refractivity contribution is 6.28. The van der Waals surface area contributed by atoms with E-state index in [2.05, 4.69) is 187 Å². The standard InChI is InChI=1S/C51H30N2/c52-31-35-25-29-46-50-39(35)26-27-45-38(28-30-47(51(45)50)53(46)36-13-2-1-3-14-36)33-21-23-34(24-22-33)48-41-16-6-8-18-43(41)49(44-19-9-7-17-42(44)48)40-20-10-12-32-11-4-5-15-37(32)40/h1-30H. The molecule has 0 fully saturated rings. The Kier molecular flexibility index (Phi) is 6.35. The van der Waals surface area contributed by atoms with Crippen molar-refractivity contribution in [3.05, 3.63) is 188 Å². The zero-order valence-electron chi connectivity index (χ0n) is 28.7. The van der Waals surface area contributed by atoms with E-state index in [4.69, 9.17) is 0 Å². The number of nitriles is 1. The molecule has 244 valence electrons. The second-order valence-corrected chi connectivity index (χ2v) is 13.9. The summed E-state index contributed by atoms with van der Waals surface area (Å²) in [7, 11) is 0. The van der Waals surface area contributed by atoms with E-state index in [1.54, 1.807) is 0 Å². The minimum Gasteiger partial charge on any atom is -0.309 e. The monoisotopic (exact) mass is 670 g/mol. The highest BCUT2D eigenvalue weighted by Gasteiger charge is 2.21. The third kappa shape index (κ3) is 4.26. The Hall–Kier alpha value is -7.21. The Labute approximate surface area is 306 Å². The van der Waals surface area contributed by atoms with Crippen molar-refractivity contribution in [2.75, 3.05) is 0 Å². The van der Waals surface area contributed by atoms with Gasteiger partial charge >= 0.3 is 0 Å². The summed E-state index contributed by atoms with van der Waals surface area (Å²) in [5, 5.41) is 22.1. The van der Waals surface area contributed by atoms with Gasteiger partial charge in [0.1, 0.15) is 0 Å². The number of rotatable bonds is 4. The van der Waals surface area contributed by atoms with Gasteiger partial charge in [-0.1, -0.05) is 152 Å². The van der Waals surface area contributed by atoms with Crippen LogP contribution < -0.4 is 0 Å². The van der Waals surface area contributed by atoms with Gasteiger partial charge in [-0.05, 0) is 101 Å². The Morgan fingerprint density at radius 2 is 0.906 bits per heavy atom. The molecule has 0 amide bonds. The number of para-hydroxylation sites is 1. The van der Waals surface area contributed by atoms with E-state index in [1.165, 1.54) is 70.9 Å². The van der Waals surface area contributed by atoms with E-state index in [0.29, 0.717) is 5.56 Å². The van der Waals surface area contributed by atoms with Gasteiger partial charge in [0.05, 0.1) is 22.7 Å². The molecule has 53 heavy (non-hydrogen) atoms. The normalized spacial score (nSPS) is 11.8. The molecule has 0 saturated carbocycles. The Morgan fingerprint density at radius 3 is 1.60 bits per heavy atom. The third-order valence-corrected chi connectivity index (χ3v) is 11.2. The predicted octanol–water partition coefficient (Wildman–Crippen LogP) is 13.7. The van der Waals surface area contributed by atoms with Crippen molar-refractivity contribution in [1.29, 1.82) is 5.26 Å². The Balaban J connectivity index is 1.12. The molecule has 0 saturated heterocycles. The van der Waals surface area contributed by atoms with Gasteiger partial charge in [0, 0.05) is 21.8 Å². The zero-order valence-corrected chi connectivity index (χ0v) is 28.7. The van der Waals surface area contributed by atoms with Crippen LogP contribution in [-0.2, 0) is 0 Å². The van der Waals surface area contributed by atoms with E-state index in [1.807, 2.05) is 6.07 Å². The van der Waals surface area contributed by atoms with Gasteiger partial charge in [-0.25, -0.2) is 0 Å². The number of aromatic nitrogens is 1. The van der Waals surface area contributed by atoms with Gasteiger partial charge in [-0.2, -0.15) is 5.26 Å². The summed E-state index contributed by atoms with van der Waals surface area (Å²) in [4.78, 5) is 0. The lowest BCUT2D eigenvalue weighted by Gasteiger charge is -2.19. The number of nitrogens with zero attached hydrogens (tertiary/aromatic N) is 2. The van der Waals surface area contributed by atoms with E-state index < -0.39 is 0 Å². The predicted molar refractivity (Wildman–Crippen MR) is 223 cm³/mol. The summed E-state index contributed by atoms with van der Waals surface area (Å²) in [6, 6.07) is 68.0. The van der Waals surface area contributed by atoms with Crippen molar-refractivity contribution in [3.8, 4) is 45.1 Å². The van der Waals surface area contributed by atoms with Crippen LogP contribution >= 0.6 is 0 Å². The van der Waals surface area contributed by atoms with E-state index in [9.17, 15) is 5.26 Å². The average Bonchev–Trinajstić information content (AvgIpc) is 3.57. The number of benzene rings is 10. The minimum atomic E-state index is 0.701. The Bertz CT molecular complexity index is 3210. The van der Waals surface area contributed by atoms with E-state index >= 15 is 0 Å². The molecular formula is C51H30N2. The second kappa shape index (κ2) is 11.4. The maximum Gasteiger partial charge on any atom is 0.0998 e. The fourth-order valence-corrected chi connectivity index (χ4v) is 8.95. The van der Waals surface area contributed by atoms with Crippen LogP contribution in [0.4, 0.5) is 0 Å². The molecule has 0 unspecified atom stereocenters. The molecule has 11 rings (SSSR count). The van der Waals surface area contributed by atoms with Crippen LogP contribution in [0.5, 0.6) is 0 Å². The van der Waals surface area contributed by atoms with Crippen LogP contribution in [0.3, 0.4) is 0 Å². The van der Waals surface area contributed by atoms with Crippen molar-refractivity contribution < 1.29 is 0 Å². The molecule has 0 bridgehead atoms. The van der Waals surface area contributed by atoms with Crippen molar-refractivity contribution in [2.45, 2.75) is 0 Å². The maximum atomic E-state index is 10.0. The second-order valence-electron chi connectivity index (χ2n) is 13.9. The van der Waals surface area contributed by atoms with Crippen LogP contribution in [0.15, 0.2) is 182 Å². The molecule has 0 radical (unpaired) electrons. The zero-order chi connectivity index (χ0) is 35.0. The van der Waals surface area contributed by atoms with Gasteiger partial charge in [0.15, 0.2) is 0 Å². The van der Waals surface area contributed by atoms with Gasteiger partial charge in [0.2, 0.25) is 0 Å². The quantitative estimate of drug-likeness (QED) is 0.135. The van der Waals surface area contributed by atoms with Crippen LogP contribution in [0.2, 0.25) is 0 Å². The van der Waals surface area contributed by atoms with Crippen molar-refractivity contribution in [3.63, 3.8) is 0 Å². The van der Waals surface area contributed by atoms with E-state index in [0.717, 1.165) is 33.1 Å². The molecule has 0 spiro atoms. The number of hydrogen-bond donors (Lipinski definition) is 0. The van der Waals surface area contributed by atoms with Crippen LogP contribution in [0.1, 0.15) is 5.56 Å². The molecule has 0 atom stereocenters. The molecule has 2 nitrogen and oxygen atoms in total. The summed E-state index contributed by atoms with van der Waals surface area (Å²) in [5.74, 6) is 0. The van der Waals surface area contributed by atoms with Gasteiger partial charge in [-0.3, -0.25) is 0 Å². The molecular weight excluding hydrogens is 641 g/mol. The Morgan fingerprint density at radius 1 is 0.358 bits per heavy atom. The fourth-order valence-electron chi connectivity index (χ4n) is 8.95. The molecule has 2 heteroatoms. The topological polar surface area (TPSA) is 28.7 Å². The lowest BCUT2D eigenvalue weighted by molar-refractivity contribution is 1.18. The molecule has 0 N–H and O–H groups in total. The SMILES string of the molecule is N#Cc1ccc2c3c1ccc1c(-c4ccc(-c5c6ccccc6c(-c6cccc7ccccc67)c6ccccc56)cc4)ccc(c13)n2-c1ccccc1. The lowest BCUT2D eigenvalue weighted by Crippen LogP contribution is -1.93. The van der Waals surface area contributed by atoms with E-state index in [-0.39, 0.29) is 0 Å². The lowest BCUT2D eigenvalue weighted by atomic mass is 9.84. The molecule has 0 aliphatic heterocycles. The third-order valence-electron chi connectivity index (χ3n) is 11.2. The first kappa shape index (κ1) is 29.5. The molecule has 0 aliphatic rings. The van der Waals surface area contributed by atoms with Gasteiger partial charge in [-0.15, -0.1) is 0 Å².